The minimum atomic E-state index is -0.462. The van der Waals surface area contributed by atoms with E-state index in [4.69, 9.17) is 11.6 Å². The molecule has 1 saturated heterocycles. The molecule has 1 aromatic heterocycles. The number of fused-ring (bicyclic) bond motifs is 2. The molecule has 0 saturated carbocycles. The van der Waals surface area contributed by atoms with Gasteiger partial charge in [0.05, 0.1) is 0 Å². The Balaban J connectivity index is 1.53. The van der Waals surface area contributed by atoms with Crippen molar-refractivity contribution in [1.29, 1.82) is 0 Å². The van der Waals surface area contributed by atoms with Crippen LogP contribution in [0.1, 0.15) is 48.7 Å². The lowest BCUT2D eigenvalue weighted by molar-refractivity contribution is -0.137. The molecule has 0 spiro atoms. The first kappa shape index (κ1) is 24.4. The number of rotatable bonds is 6. The summed E-state index contributed by atoms with van der Waals surface area (Å²) in [5.74, 6) is 0.735. The number of aromatic nitrogens is 1. The SMILES string of the molecule is CCC1C=C(C)C2=C1c1cc(C(=O)NCc3ccc(Cl)cc3)c(=O)n(CC(=O)N3CC(C)C3)c1NC2. The summed E-state index contributed by atoms with van der Waals surface area (Å²) in [4.78, 5) is 41.7. The first-order valence-electron chi connectivity index (χ1n) is 12.5. The Bertz CT molecular complexity index is 1350. The van der Waals surface area contributed by atoms with Gasteiger partial charge in [-0.05, 0) is 59.7 Å². The topological polar surface area (TPSA) is 83.4 Å². The van der Waals surface area contributed by atoms with Gasteiger partial charge in [-0.15, -0.1) is 0 Å². The van der Waals surface area contributed by atoms with Crippen molar-refractivity contribution in [2.24, 2.45) is 11.8 Å². The molecule has 3 heterocycles. The number of nitrogens with one attached hydrogen (secondary N) is 2. The summed E-state index contributed by atoms with van der Waals surface area (Å²) in [6.45, 7) is 8.49. The average Bonchev–Trinajstić information content (AvgIpc) is 3.18. The maximum absolute atomic E-state index is 13.6. The van der Waals surface area contributed by atoms with Gasteiger partial charge in [0.2, 0.25) is 5.91 Å². The molecule has 1 fully saturated rings. The normalized spacial score (nSPS) is 18.7. The van der Waals surface area contributed by atoms with Crippen LogP contribution in [-0.4, -0.2) is 40.9 Å². The fraction of sp³-hybridized carbons (Fsp3) is 0.393. The first-order valence-corrected chi connectivity index (χ1v) is 12.9. The lowest BCUT2D eigenvalue weighted by Gasteiger charge is -2.37. The molecule has 1 atom stereocenters. The molecule has 5 rings (SSSR count). The van der Waals surface area contributed by atoms with Crippen molar-refractivity contribution in [3.05, 3.63) is 79.6 Å². The predicted molar refractivity (Wildman–Crippen MR) is 142 cm³/mol. The summed E-state index contributed by atoms with van der Waals surface area (Å²) in [6, 6.07) is 8.90. The van der Waals surface area contributed by atoms with Crippen LogP contribution in [0, 0.1) is 11.8 Å². The molecule has 2 amide bonds. The van der Waals surface area contributed by atoms with Crippen LogP contribution in [0.4, 0.5) is 5.82 Å². The number of hydrogen-bond donors (Lipinski definition) is 2. The second-order valence-corrected chi connectivity index (χ2v) is 10.5. The van der Waals surface area contributed by atoms with Crippen molar-refractivity contribution < 1.29 is 9.59 Å². The molecule has 0 radical (unpaired) electrons. The van der Waals surface area contributed by atoms with Gasteiger partial charge in [-0.25, -0.2) is 0 Å². The second-order valence-electron chi connectivity index (χ2n) is 10.0. The van der Waals surface area contributed by atoms with E-state index in [2.05, 4.69) is 37.5 Å². The van der Waals surface area contributed by atoms with Gasteiger partial charge in [0.15, 0.2) is 0 Å². The predicted octanol–water partition coefficient (Wildman–Crippen LogP) is 4.08. The standard InChI is InChI=1S/C28H31ClN4O3/c1-4-19-9-17(3)23-12-30-26-21(25(19)23)10-22(27(35)31-11-18-5-7-20(29)8-6-18)28(36)33(26)15-24(34)32-13-16(2)14-32/h5-10,16,19,30H,4,11-15H2,1-3H3,(H,31,35). The number of anilines is 1. The Kier molecular flexibility index (Phi) is 6.51. The van der Waals surface area contributed by atoms with E-state index in [0.717, 1.165) is 23.1 Å². The van der Waals surface area contributed by atoms with Gasteiger partial charge in [0.25, 0.3) is 11.5 Å². The molecule has 188 valence electrons. The second kappa shape index (κ2) is 9.62. The third-order valence-electron chi connectivity index (χ3n) is 7.40. The van der Waals surface area contributed by atoms with Gasteiger partial charge in [-0.1, -0.05) is 43.7 Å². The number of allylic oxidation sites excluding steroid dienone is 2. The maximum atomic E-state index is 13.6. The zero-order valence-electron chi connectivity index (χ0n) is 20.9. The number of likely N-dealkylation sites (tertiary alicyclic amines) is 1. The molecule has 7 nitrogen and oxygen atoms in total. The Morgan fingerprint density at radius 2 is 1.92 bits per heavy atom. The molecule has 8 heteroatoms. The van der Waals surface area contributed by atoms with Gasteiger partial charge in [0, 0.05) is 42.7 Å². The number of carbonyl (C=O) groups excluding carboxylic acids is 2. The smallest absolute Gasteiger partial charge is 0.265 e. The zero-order chi connectivity index (χ0) is 25.6. The lowest BCUT2D eigenvalue weighted by atomic mass is 9.88. The first-order chi connectivity index (χ1) is 17.3. The molecule has 36 heavy (non-hydrogen) atoms. The molecule has 2 N–H and O–H groups in total. The quantitative estimate of drug-likeness (QED) is 0.618. The molecule has 1 aliphatic carbocycles. The number of benzene rings is 1. The van der Waals surface area contributed by atoms with E-state index < -0.39 is 11.5 Å². The van der Waals surface area contributed by atoms with Crippen LogP contribution in [0.25, 0.3) is 5.57 Å². The van der Waals surface area contributed by atoms with E-state index in [1.54, 1.807) is 23.1 Å². The van der Waals surface area contributed by atoms with Gasteiger partial charge >= 0.3 is 0 Å². The van der Waals surface area contributed by atoms with Crippen LogP contribution in [0.5, 0.6) is 0 Å². The molecule has 1 aromatic carbocycles. The fourth-order valence-electron chi connectivity index (χ4n) is 5.41. The van der Waals surface area contributed by atoms with Crippen molar-refractivity contribution in [2.45, 2.75) is 40.3 Å². The molecule has 1 unspecified atom stereocenters. The van der Waals surface area contributed by atoms with Crippen molar-refractivity contribution in [1.82, 2.24) is 14.8 Å². The summed E-state index contributed by atoms with van der Waals surface area (Å²) in [5.41, 5.74) is 4.86. The van der Waals surface area contributed by atoms with E-state index in [1.165, 1.54) is 15.7 Å². The molecular formula is C28H31ClN4O3. The third-order valence-corrected chi connectivity index (χ3v) is 7.65. The highest BCUT2D eigenvalue weighted by atomic mass is 35.5. The van der Waals surface area contributed by atoms with Crippen LogP contribution < -0.4 is 16.2 Å². The highest BCUT2D eigenvalue weighted by molar-refractivity contribution is 6.30. The number of amides is 2. The van der Waals surface area contributed by atoms with Crippen LogP contribution in [0.15, 0.2) is 52.3 Å². The van der Waals surface area contributed by atoms with Crippen LogP contribution in [0.2, 0.25) is 5.02 Å². The molecule has 2 aromatic rings. The lowest BCUT2D eigenvalue weighted by Crippen LogP contribution is -2.50. The highest BCUT2D eigenvalue weighted by Gasteiger charge is 2.34. The van der Waals surface area contributed by atoms with E-state index >= 15 is 0 Å². The molecule has 0 bridgehead atoms. The number of nitrogens with zero attached hydrogens (tertiary/aromatic N) is 2. The van der Waals surface area contributed by atoms with Gasteiger partial charge in [-0.2, -0.15) is 0 Å². The van der Waals surface area contributed by atoms with Crippen molar-refractivity contribution in [3.63, 3.8) is 0 Å². The van der Waals surface area contributed by atoms with E-state index in [0.29, 0.717) is 36.4 Å². The number of halogens is 1. The third kappa shape index (κ3) is 4.37. The minimum absolute atomic E-state index is 0.0439. The molecule has 2 aliphatic heterocycles. The van der Waals surface area contributed by atoms with Crippen molar-refractivity contribution >= 4 is 34.8 Å². The Labute approximate surface area is 215 Å². The van der Waals surface area contributed by atoms with Crippen LogP contribution in [-0.2, 0) is 17.9 Å². The fourth-order valence-corrected chi connectivity index (χ4v) is 5.53. The maximum Gasteiger partial charge on any atom is 0.265 e. The Morgan fingerprint density at radius 1 is 1.19 bits per heavy atom. The number of pyridine rings is 1. The molecular weight excluding hydrogens is 476 g/mol. The summed E-state index contributed by atoms with van der Waals surface area (Å²) in [5, 5.41) is 6.87. The number of carbonyl (C=O) groups is 2. The van der Waals surface area contributed by atoms with Crippen LogP contribution >= 0.6 is 11.6 Å². The highest BCUT2D eigenvalue weighted by Crippen LogP contribution is 2.44. The Morgan fingerprint density at radius 3 is 2.58 bits per heavy atom. The van der Waals surface area contributed by atoms with E-state index in [9.17, 15) is 14.4 Å². The Hall–Kier alpha value is -3.32. The van der Waals surface area contributed by atoms with Gasteiger partial charge in [0.1, 0.15) is 17.9 Å². The van der Waals surface area contributed by atoms with E-state index in [-0.39, 0.29) is 30.5 Å². The zero-order valence-corrected chi connectivity index (χ0v) is 21.6. The van der Waals surface area contributed by atoms with Gasteiger partial charge in [-0.3, -0.25) is 19.0 Å². The van der Waals surface area contributed by atoms with E-state index in [1.807, 2.05) is 12.1 Å². The summed E-state index contributed by atoms with van der Waals surface area (Å²) in [6.07, 6.45) is 3.17. The molecule has 3 aliphatic rings. The minimum Gasteiger partial charge on any atom is -0.367 e. The average molecular weight is 507 g/mol. The van der Waals surface area contributed by atoms with Gasteiger partial charge < -0.3 is 15.5 Å². The van der Waals surface area contributed by atoms with Crippen molar-refractivity contribution in [2.75, 3.05) is 25.0 Å². The van der Waals surface area contributed by atoms with Crippen LogP contribution in [0.3, 0.4) is 0 Å². The summed E-state index contributed by atoms with van der Waals surface area (Å²) >= 11 is 5.96. The largest absolute Gasteiger partial charge is 0.367 e. The summed E-state index contributed by atoms with van der Waals surface area (Å²) in [7, 11) is 0. The number of hydrogen-bond acceptors (Lipinski definition) is 4. The monoisotopic (exact) mass is 506 g/mol. The van der Waals surface area contributed by atoms with Crippen molar-refractivity contribution in [3.8, 4) is 0 Å². The summed E-state index contributed by atoms with van der Waals surface area (Å²) < 4.78 is 1.46.